The Morgan fingerprint density at radius 1 is 1.47 bits per heavy atom. The molecule has 0 atom stereocenters. The monoisotopic (exact) mass is 204 g/mol. The third-order valence-electron chi connectivity index (χ3n) is 2.05. The van der Waals surface area contributed by atoms with E-state index in [2.05, 4.69) is 9.97 Å². The van der Waals surface area contributed by atoms with Crippen molar-refractivity contribution in [1.29, 1.82) is 0 Å². The number of aryl methyl sites for hydroxylation is 1. The van der Waals surface area contributed by atoms with Crippen molar-refractivity contribution in [2.45, 2.75) is 6.92 Å². The van der Waals surface area contributed by atoms with Crippen molar-refractivity contribution < 1.29 is 4.92 Å². The van der Waals surface area contributed by atoms with Crippen LogP contribution in [0.25, 0.3) is 10.9 Å². The minimum absolute atomic E-state index is 0.116. The van der Waals surface area contributed by atoms with Crippen LogP contribution in [0.5, 0.6) is 0 Å². The maximum absolute atomic E-state index is 10.6. The summed E-state index contributed by atoms with van der Waals surface area (Å²) >= 11 is 0. The van der Waals surface area contributed by atoms with Crippen molar-refractivity contribution in [3.05, 3.63) is 34.3 Å². The smallest absolute Gasteiger partial charge is 0.292 e. The molecular formula is C9H8N4O2. The van der Waals surface area contributed by atoms with E-state index < -0.39 is 4.92 Å². The highest BCUT2D eigenvalue weighted by Crippen LogP contribution is 2.26. The molecule has 6 nitrogen and oxygen atoms in total. The fraction of sp³-hybridized carbons (Fsp3) is 0.111. The van der Waals surface area contributed by atoms with E-state index in [1.165, 1.54) is 12.1 Å². The summed E-state index contributed by atoms with van der Waals surface area (Å²) in [7, 11) is 0. The Bertz CT molecular complexity index is 553. The minimum atomic E-state index is -0.519. The van der Waals surface area contributed by atoms with Gasteiger partial charge in [-0.1, -0.05) is 0 Å². The van der Waals surface area contributed by atoms with E-state index in [1.807, 2.05) is 0 Å². The first-order chi connectivity index (χ1) is 7.08. The summed E-state index contributed by atoms with van der Waals surface area (Å²) < 4.78 is 0. The van der Waals surface area contributed by atoms with Gasteiger partial charge in [-0.15, -0.1) is 0 Å². The summed E-state index contributed by atoms with van der Waals surface area (Å²) in [6.45, 7) is 1.75. The molecule has 0 aliphatic rings. The fourth-order valence-electron chi connectivity index (χ4n) is 1.33. The molecule has 2 aromatic rings. The van der Waals surface area contributed by atoms with E-state index in [1.54, 1.807) is 13.1 Å². The summed E-state index contributed by atoms with van der Waals surface area (Å²) in [6.07, 6.45) is 1.55. The molecule has 6 heteroatoms. The zero-order chi connectivity index (χ0) is 11.0. The molecule has 0 aliphatic heterocycles. The van der Waals surface area contributed by atoms with Gasteiger partial charge in [0.05, 0.1) is 10.4 Å². The molecule has 0 spiro atoms. The number of hydrogen-bond donors (Lipinski definition) is 1. The van der Waals surface area contributed by atoms with Crippen molar-refractivity contribution in [2.75, 3.05) is 5.73 Å². The number of fused-ring (bicyclic) bond motifs is 1. The van der Waals surface area contributed by atoms with Crippen LogP contribution in [0.2, 0.25) is 0 Å². The summed E-state index contributed by atoms with van der Waals surface area (Å²) in [5.41, 5.74) is 6.15. The first kappa shape index (κ1) is 9.32. The maximum Gasteiger partial charge on any atom is 0.292 e. The number of benzene rings is 1. The van der Waals surface area contributed by atoms with Gasteiger partial charge in [0, 0.05) is 17.6 Å². The van der Waals surface area contributed by atoms with Crippen molar-refractivity contribution in [2.24, 2.45) is 0 Å². The topological polar surface area (TPSA) is 94.9 Å². The zero-order valence-corrected chi connectivity index (χ0v) is 7.97. The van der Waals surface area contributed by atoms with Gasteiger partial charge in [0.15, 0.2) is 0 Å². The van der Waals surface area contributed by atoms with E-state index >= 15 is 0 Å². The first-order valence-electron chi connectivity index (χ1n) is 4.25. The van der Waals surface area contributed by atoms with Crippen LogP contribution in [-0.2, 0) is 0 Å². The van der Waals surface area contributed by atoms with Crippen LogP contribution in [-0.4, -0.2) is 14.9 Å². The zero-order valence-electron chi connectivity index (χ0n) is 7.97. The summed E-state index contributed by atoms with van der Waals surface area (Å²) in [5.74, 6) is 0.607. The van der Waals surface area contributed by atoms with E-state index in [4.69, 9.17) is 5.73 Å². The van der Waals surface area contributed by atoms with Crippen molar-refractivity contribution in [1.82, 2.24) is 9.97 Å². The number of nitrogens with zero attached hydrogens (tertiary/aromatic N) is 3. The lowest BCUT2D eigenvalue weighted by Crippen LogP contribution is -1.97. The quantitative estimate of drug-likeness (QED) is 0.430. The maximum atomic E-state index is 10.6. The minimum Gasteiger partial charge on any atom is -0.393 e. The van der Waals surface area contributed by atoms with E-state index in [9.17, 15) is 10.1 Å². The molecule has 1 aromatic heterocycles. The largest absolute Gasteiger partial charge is 0.393 e. The van der Waals surface area contributed by atoms with Crippen molar-refractivity contribution in [3.63, 3.8) is 0 Å². The Balaban J connectivity index is 2.76. The lowest BCUT2D eigenvalue weighted by atomic mass is 10.2. The van der Waals surface area contributed by atoms with Crippen molar-refractivity contribution >= 4 is 22.3 Å². The number of rotatable bonds is 1. The summed E-state index contributed by atoms with van der Waals surface area (Å²) in [5, 5.41) is 11.2. The molecular weight excluding hydrogens is 196 g/mol. The van der Waals surface area contributed by atoms with Crippen LogP contribution >= 0.6 is 0 Å². The van der Waals surface area contributed by atoms with Gasteiger partial charge in [-0.2, -0.15) is 0 Å². The number of nitro benzene ring substituents is 1. The molecule has 0 unspecified atom stereocenters. The second-order valence-corrected chi connectivity index (χ2v) is 3.14. The highest BCUT2D eigenvalue weighted by molar-refractivity contribution is 5.85. The van der Waals surface area contributed by atoms with E-state index in [0.717, 1.165) is 0 Å². The standard InChI is InChI=1S/C9H8N4O2/c1-5-11-4-6-2-9(13(14)15)7(10)3-8(6)12-5/h2-4H,10H2,1H3. The first-order valence-corrected chi connectivity index (χ1v) is 4.25. The van der Waals surface area contributed by atoms with Crippen LogP contribution in [0.1, 0.15) is 5.82 Å². The van der Waals surface area contributed by atoms with Gasteiger partial charge in [0.1, 0.15) is 11.5 Å². The second kappa shape index (κ2) is 3.16. The third kappa shape index (κ3) is 1.56. The molecule has 0 fully saturated rings. The summed E-state index contributed by atoms with van der Waals surface area (Å²) in [6, 6.07) is 2.87. The van der Waals surface area contributed by atoms with Gasteiger partial charge >= 0.3 is 0 Å². The van der Waals surface area contributed by atoms with Crippen LogP contribution in [0.3, 0.4) is 0 Å². The fourth-order valence-corrected chi connectivity index (χ4v) is 1.33. The van der Waals surface area contributed by atoms with Gasteiger partial charge in [-0.3, -0.25) is 10.1 Å². The Kier molecular flexibility index (Phi) is 1.96. The Labute approximate surface area is 84.9 Å². The number of anilines is 1. The number of nitrogen functional groups attached to an aromatic ring is 1. The van der Waals surface area contributed by atoms with Crippen LogP contribution in [0, 0.1) is 17.0 Å². The van der Waals surface area contributed by atoms with E-state index in [0.29, 0.717) is 16.7 Å². The van der Waals surface area contributed by atoms with Crippen LogP contribution in [0.15, 0.2) is 18.3 Å². The Morgan fingerprint density at radius 2 is 2.20 bits per heavy atom. The van der Waals surface area contributed by atoms with Gasteiger partial charge in [-0.05, 0) is 13.0 Å². The molecule has 2 N–H and O–H groups in total. The van der Waals surface area contributed by atoms with Crippen LogP contribution in [0.4, 0.5) is 11.4 Å². The average molecular weight is 204 g/mol. The lowest BCUT2D eigenvalue weighted by molar-refractivity contribution is -0.383. The molecule has 15 heavy (non-hydrogen) atoms. The molecule has 76 valence electrons. The summed E-state index contributed by atoms with van der Waals surface area (Å²) in [4.78, 5) is 18.2. The predicted molar refractivity (Wildman–Crippen MR) is 55.3 cm³/mol. The molecule has 0 amide bonds. The van der Waals surface area contributed by atoms with Crippen LogP contribution < -0.4 is 5.73 Å². The number of nitro groups is 1. The number of hydrogen-bond acceptors (Lipinski definition) is 5. The highest BCUT2D eigenvalue weighted by atomic mass is 16.6. The Hall–Kier alpha value is -2.24. The van der Waals surface area contributed by atoms with Crippen molar-refractivity contribution in [3.8, 4) is 0 Å². The Morgan fingerprint density at radius 3 is 2.87 bits per heavy atom. The molecule has 1 aromatic carbocycles. The predicted octanol–water partition coefficient (Wildman–Crippen LogP) is 1.43. The molecule has 0 bridgehead atoms. The molecule has 0 saturated heterocycles. The lowest BCUT2D eigenvalue weighted by Gasteiger charge is -2.00. The number of nitrogens with two attached hydrogens (primary N) is 1. The molecule has 0 radical (unpaired) electrons. The average Bonchev–Trinajstić information content (AvgIpc) is 2.15. The molecule has 0 saturated carbocycles. The molecule has 0 aliphatic carbocycles. The van der Waals surface area contributed by atoms with Gasteiger partial charge in [-0.25, -0.2) is 9.97 Å². The molecule has 2 rings (SSSR count). The SMILES string of the molecule is Cc1ncc2cc([N+](=O)[O-])c(N)cc2n1. The van der Waals surface area contributed by atoms with Gasteiger partial charge in [0.2, 0.25) is 0 Å². The normalized spacial score (nSPS) is 10.5. The highest BCUT2D eigenvalue weighted by Gasteiger charge is 2.12. The van der Waals surface area contributed by atoms with Gasteiger partial charge in [0.25, 0.3) is 5.69 Å². The van der Waals surface area contributed by atoms with E-state index in [-0.39, 0.29) is 11.4 Å². The third-order valence-corrected chi connectivity index (χ3v) is 2.05. The van der Waals surface area contributed by atoms with Gasteiger partial charge < -0.3 is 5.73 Å². The second-order valence-electron chi connectivity index (χ2n) is 3.14. The molecule has 1 heterocycles. The number of aromatic nitrogens is 2.